The molecule has 0 aliphatic carbocycles. The number of methoxy groups -OCH3 is 1. The fourth-order valence-electron chi connectivity index (χ4n) is 2.81. The molecule has 3 rings (SSSR count). The van der Waals surface area contributed by atoms with Gasteiger partial charge in [-0.25, -0.2) is 8.42 Å². The van der Waals surface area contributed by atoms with E-state index in [1.165, 1.54) is 37.5 Å². The third kappa shape index (κ3) is 5.75. The second kappa shape index (κ2) is 10.7. The van der Waals surface area contributed by atoms with E-state index in [2.05, 4.69) is 0 Å². The van der Waals surface area contributed by atoms with Gasteiger partial charge in [-0.3, -0.25) is 0 Å². The Balaban J connectivity index is 1.90. The zero-order valence-corrected chi connectivity index (χ0v) is 20.8. The zero-order valence-electron chi connectivity index (χ0n) is 17.0. The van der Waals surface area contributed by atoms with Crippen molar-refractivity contribution in [2.24, 2.45) is 0 Å². The summed E-state index contributed by atoms with van der Waals surface area (Å²) in [4.78, 5) is -0.472. The van der Waals surface area contributed by atoms with Gasteiger partial charge in [-0.1, -0.05) is 52.5 Å². The van der Waals surface area contributed by atoms with Crippen molar-refractivity contribution in [2.75, 3.05) is 7.11 Å². The molecule has 3 aromatic rings. The molecular formula is C23H15Cl4NO4S. The first-order valence-corrected chi connectivity index (χ1v) is 12.2. The van der Waals surface area contributed by atoms with Gasteiger partial charge in [0.05, 0.1) is 22.1 Å². The molecule has 0 saturated heterocycles. The van der Waals surface area contributed by atoms with Crippen LogP contribution in [0.2, 0.25) is 20.1 Å². The number of ether oxygens (including phenoxy) is 2. The number of allylic oxidation sites excluding steroid dienone is 1. The van der Waals surface area contributed by atoms with Crippen molar-refractivity contribution in [3.8, 4) is 17.6 Å². The Hall–Kier alpha value is -2.40. The average molecular weight is 543 g/mol. The standard InChI is InChI=1S/C23H15Cl4NO4S/c1-31-22-11-14(10-17(12-28)33(29,30)16-5-3-15(24)4-6-16)2-9-21(22)32-13-18-19(25)7-8-20(26)23(18)27/h2-11H,13H2,1H3. The van der Waals surface area contributed by atoms with Gasteiger partial charge in [-0.15, -0.1) is 0 Å². The van der Waals surface area contributed by atoms with Crippen LogP contribution in [0.15, 0.2) is 64.4 Å². The van der Waals surface area contributed by atoms with Crippen molar-refractivity contribution in [1.82, 2.24) is 0 Å². The Labute approximate surface area is 211 Å². The van der Waals surface area contributed by atoms with E-state index in [1.54, 1.807) is 36.4 Å². The van der Waals surface area contributed by atoms with Crippen LogP contribution in [0.4, 0.5) is 0 Å². The molecule has 0 saturated carbocycles. The van der Waals surface area contributed by atoms with Gasteiger partial charge in [0.25, 0.3) is 0 Å². The van der Waals surface area contributed by atoms with E-state index in [-0.39, 0.29) is 16.5 Å². The van der Waals surface area contributed by atoms with Gasteiger partial charge in [-0.05, 0) is 60.2 Å². The van der Waals surface area contributed by atoms with Crippen molar-refractivity contribution < 1.29 is 17.9 Å². The molecular weight excluding hydrogens is 528 g/mol. The van der Waals surface area contributed by atoms with Crippen molar-refractivity contribution >= 4 is 62.3 Å². The first-order chi connectivity index (χ1) is 15.7. The van der Waals surface area contributed by atoms with Crippen LogP contribution in [-0.4, -0.2) is 15.5 Å². The van der Waals surface area contributed by atoms with Crippen LogP contribution in [0.5, 0.6) is 11.5 Å². The number of rotatable bonds is 7. The molecule has 0 fully saturated rings. The number of hydrogen-bond donors (Lipinski definition) is 0. The minimum Gasteiger partial charge on any atom is -0.493 e. The Morgan fingerprint density at radius 3 is 2.27 bits per heavy atom. The summed E-state index contributed by atoms with van der Waals surface area (Å²) in [5.41, 5.74) is 0.935. The maximum absolute atomic E-state index is 12.8. The van der Waals surface area contributed by atoms with Crippen molar-refractivity contribution in [3.63, 3.8) is 0 Å². The van der Waals surface area contributed by atoms with Crippen LogP contribution in [-0.2, 0) is 16.4 Å². The molecule has 0 unspecified atom stereocenters. The molecule has 170 valence electrons. The molecule has 0 aromatic heterocycles. The Bertz CT molecular complexity index is 1360. The monoisotopic (exact) mass is 541 g/mol. The number of halogens is 4. The maximum atomic E-state index is 12.8. The maximum Gasteiger partial charge on any atom is 0.216 e. The summed E-state index contributed by atoms with van der Waals surface area (Å²) in [6.07, 6.45) is 1.25. The van der Waals surface area contributed by atoms with Crippen molar-refractivity contribution in [2.45, 2.75) is 11.5 Å². The molecule has 33 heavy (non-hydrogen) atoms. The van der Waals surface area contributed by atoms with E-state index in [9.17, 15) is 13.7 Å². The highest BCUT2D eigenvalue weighted by molar-refractivity contribution is 7.95. The fourth-order valence-corrected chi connectivity index (χ4v) is 4.75. The number of sulfone groups is 1. The summed E-state index contributed by atoms with van der Waals surface area (Å²) >= 11 is 24.3. The molecule has 0 aliphatic rings. The summed E-state index contributed by atoms with van der Waals surface area (Å²) in [6.45, 7) is 0.0260. The SMILES string of the molecule is COc1cc(C=C(C#N)S(=O)(=O)c2ccc(Cl)cc2)ccc1OCc1c(Cl)ccc(Cl)c1Cl. The molecule has 0 spiro atoms. The number of benzene rings is 3. The summed E-state index contributed by atoms with van der Waals surface area (Å²) in [7, 11) is -2.59. The lowest BCUT2D eigenvalue weighted by Crippen LogP contribution is -2.03. The molecule has 0 radical (unpaired) electrons. The summed E-state index contributed by atoms with van der Waals surface area (Å²) in [5.74, 6) is 0.681. The lowest BCUT2D eigenvalue weighted by molar-refractivity contribution is 0.284. The highest BCUT2D eigenvalue weighted by atomic mass is 35.5. The lowest BCUT2D eigenvalue weighted by Gasteiger charge is -2.14. The summed E-state index contributed by atoms with van der Waals surface area (Å²) < 4.78 is 36.8. The number of hydrogen-bond acceptors (Lipinski definition) is 5. The van der Waals surface area contributed by atoms with E-state index < -0.39 is 14.7 Å². The third-order valence-corrected chi connectivity index (χ3v) is 7.65. The average Bonchev–Trinajstić information content (AvgIpc) is 2.80. The number of nitriles is 1. The molecule has 0 bridgehead atoms. The predicted octanol–water partition coefficient (Wildman–Crippen LogP) is 7.23. The smallest absolute Gasteiger partial charge is 0.216 e. The Kier molecular flexibility index (Phi) is 8.17. The highest BCUT2D eigenvalue weighted by Gasteiger charge is 2.21. The van der Waals surface area contributed by atoms with Crippen LogP contribution in [0.1, 0.15) is 11.1 Å². The van der Waals surface area contributed by atoms with Crippen molar-refractivity contribution in [3.05, 3.63) is 90.7 Å². The minimum absolute atomic E-state index is 0.0260. The first kappa shape index (κ1) is 25.2. The fraction of sp³-hybridized carbons (Fsp3) is 0.0870. The van der Waals surface area contributed by atoms with E-state index >= 15 is 0 Å². The van der Waals surface area contributed by atoms with Gasteiger partial charge in [0.1, 0.15) is 17.6 Å². The van der Waals surface area contributed by atoms with Crippen LogP contribution in [0, 0.1) is 11.3 Å². The largest absolute Gasteiger partial charge is 0.493 e. The Morgan fingerprint density at radius 1 is 0.970 bits per heavy atom. The molecule has 0 heterocycles. The molecule has 3 aromatic carbocycles. The minimum atomic E-state index is -4.03. The molecule has 0 aliphatic heterocycles. The molecule has 0 atom stereocenters. The first-order valence-electron chi connectivity index (χ1n) is 9.23. The van der Waals surface area contributed by atoms with Gasteiger partial charge in [0.15, 0.2) is 11.5 Å². The summed E-state index contributed by atoms with van der Waals surface area (Å²) in [5, 5.41) is 10.9. The molecule has 0 amide bonds. The van der Waals surface area contributed by atoms with Gasteiger partial charge in [0.2, 0.25) is 9.84 Å². The van der Waals surface area contributed by atoms with E-state index in [1.807, 2.05) is 0 Å². The second-order valence-electron chi connectivity index (χ2n) is 6.60. The lowest BCUT2D eigenvalue weighted by atomic mass is 10.2. The predicted molar refractivity (Wildman–Crippen MR) is 131 cm³/mol. The van der Waals surface area contributed by atoms with Crippen LogP contribution in [0.3, 0.4) is 0 Å². The molecule has 10 heteroatoms. The van der Waals surface area contributed by atoms with Gasteiger partial charge >= 0.3 is 0 Å². The van der Waals surface area contributed by atoms with Crippen molar-refractivity contribution in [1.29, 1.82) is 5.26 Å². The zero-order chi connectivity index (χ0) is 24.2. The molecule has 5 nitrogen and oxygen atoms in total. The third-order valence-electron chi connectivity index (χ3n) is 4.52. The normalized spacial score (nSPS) is 11.7. The quantitative estimate of drug-likeness (QED) is 0.232. The Morgan fingerprint density at radius 2 is 1.64 bits per heavy atom. The van der Waals surface area contributed by atoms with Crippen LogP contribution >= 0.6 is 46.4 Å². The number of nitrogens with zero attached hydrogens (tertiary/aromatic N) is 1. The van der Waals surface area contributed by atoms with E-state index in [4.69, 9.17) is 55.9 Å². The van der Waals surface area contributed by atoms with Crippen LogP contribution in [0.25, 0.3) is 6.08 Å². The van der Waals surface area contributed by atoms with E-state index in [0.717, 1.165) is 0 Å². The van der Waals surface area contributed by atoms with Gasteiger partial charge in [-0.2, -0.15) is 5.26 Å². The second-order valence-corrected chi connectivity index (χ2v) is 10.1. The van der Waals surface area contributed by atoms with Crippen LogP contribution < -0.4 is 9.47 Å². The topological polar surface area (TPSA) is 76.4 Å². The highest BCUT2D eigenvalue weighted by Crippen LogP contribution is 2.35. The van der Waals surface area contributed by atoms with E-state index in [0.29, 0.717) is 37.7 Å². The van der Waals surface area contributed by atoms with Gasteiger partial charge in [0, 0.05) is 15.6 Å². The molecule has 0 N–H and O–H groups in total. The summed E-state index contributed by atoms with van der Waals surface area (Å²) in [6, 6.07) is 15.2. The van der Waals surface area contributed by atoms with Gasteiger partial charge < -0.3 is 9.47 Å².